The third-order valence-electron chi connectivity index (χ3n) is 4.41. The van der Waals surface area contributed by atoms with E-state index in [2.05, 4.69) is 15.5 Å². The Balaban J connectivity index is 2.11. The SMILES string of the molecule is CNC(NO)C(C)N(C)C(=O)c1ccc(-c2ccc(OC(F)F)cc2)cc1. The van der Waals surface area contributed by atoms with E-state index in [1.807, 2.05) is 0 Å². The van der Waals surface area contributed by atoms with E-state index in [0.717, 1.165) is 11.1 Å². The average molecular weight is 379 g/mol. The Bertz CT molecular complexity index is 735. The second kappa shape index (κ2) is 9.40. The van der Waals surface area contributed by atoms with Crippen molar-refractivity contribution in [3.63, 3.8) is 0 Å². The zero-order valence-electron chi connectivity index (χ0n) is 15.3. The minimum Gasteiger partial charge on any atom is -0.435 e. The number of ether oxygens (including phenoxy) is 1. The molecule has 0 radical (unpaired) electrons. The molecule has 0 saturated carbocycles. The van der Waals surface area contributed by atoms with Gasteiger partial charge in [-0.2, -0.15) is 14.3 Å². The van der Waals surface area contributed by atoms with Crippen molar-refractivity contribution in [3.8, 4) is 16.9 Å². The highest BCUT2D eigenvalue weighted by atomic mass is 19.3. The van der Waals surface area contributed by atoms with Crippen LogP contribution in [0.1, 0.15) is 17.3 Å². The summed E-state index contributed by atoms with van der Waals surface area (Å²) in [6, 6.07) is 13.0. The molecule has 2 atom stereocenters. The molecule has 27 heavy (non-hydrogen) atoms. The lowest BCUT2D eigenvalue weighted by atomic mass is 10.0. The van der Waals surface area contributed by atoms with Crippen LogP contribution >= 0.6 is 0 Å². The Morgan fingerprint density at radius 2 is 1.59 bits per heavy atom. The third kappa shape index (κ3) is 5.22. The average Bonchev–Trinajstić information content (AvgIpc) is 2.68. The number of likely N-dealkylation sites (N-methyl/N-ethyl adjacent to an activating group) is 2. The zero-order chi connectivity index (χ0) is 20.0. The smallest absolute Gasteiger partial charge is 0.387 e. The number of amides is 1. The summed E-state index contributed by atoms with van der Waals surface area (Å²) in [7, 11) is 3.33. The second-order valence-electron chi connectivity index (χ2n) is 6.03. The molecule has 0 aliphatic rings. The fourth-order valence-corrected chi connectivity index (χ4v) is 2.66. The molecule has 0 bridgehead atoms. The van der Waals surface area contributed by atoms with Crippen LogP contribution in [-0.2, 0) is 0 Å². The molecule has 8 heteroatoms. The van der Waals surface area contributed by atoms with Crippen molar-refractivity contribution < 1.29 is 23.5 Å². The standard InChI is InChI=1S/C19H23F2N3O3/c1-12(17(22-2)23-26)24(3)18(25)15-6-4-13(5-7-15)14-8-10-16(11-9-14)27-19(20)21/h4-12,17,19,22-23,26H,1-3H3. The number of carbonyl (C=O) groups excluding carboxylic acids is 1. The fraction of sp³-hybridized carbons (Fsp3) is 0.316. The number of nitrogens with zero attached hydrogens (tertiary/aromatic N) is 1. The molecule has 2 aromatic carbocycles. The van der Waals surface area contributed by atoms with Crippen LogP contribution in [0.5, 0.6) is 5.75 Å². The highest BCUT2D eigenvalue weighted by Crippen LogP contribution is 2.24. The maximum Gasteiger partial charge on any atom is 0.387 e. The van der Waals surface area contributed by atoms with Crippen LogP contribution in [-0.4, -0.2) is 48.9 Å². The molecule has 0 aliphatic heterocycles. The highest BCUT2D eigenvalue weighted by molar-refractivity contribution is 5.94. The van der Waals surface area contributed by atoms with Crippen LogP contribution in [0.15, 0.2) is 48.5 Å². The summed E-state index contributed by atoms with van der Waals surface area (Å²) >= 11 is 0. The van der Waals surface area contributed by atoms with Crippen LogP contribution in [0, 0.1) is 0 Å². The topological polar surface area (TPSA) is 73.8 Å². The number of benzene rings is 2. The van der Waals surface area contributed by atoms with Gasteiger partial charge in [0, 0.05) is 12.6 Å². The number of carbonyl (C=O) groups is 1. The summed E-state index contributed by atoms with van der Waals surface area (Å²) in [6.07, 6.45) is -0.466. The van der Waals surface area contributed by atoms with Gasteiger partial charge in [-0.15, -0.1) is 0 Å². The predicted molar refractivity (Wildman–Crippen MR) is 97.8 cm³/mol. The van der Waals surface area contributed by atoms with Gasteiger partial charge in [0.2, 0.25) is 0 Å². The van der Waals surface area contributed by atoms with Crippen molar-refractivity contribution in [2.75, 3.05) is 14.1 Å². The Labute approximate surface area is 156 Å². The summed E-state index contributed by atoms with van der Waals surface area (Å²) in [5.74, 6) is -0.0991. The number of hydroxylamine groups is 1. The quantitative estimate of drug-likeness (QED) is 0.486. The molecule has 2 rings (SSSR count). The van der Waals surface area contributed by atoms with Gasteiger partial charge in [0.25, 0.3) is 5.91 Å². The maximum absolute atomic E-state index is 12.6. The Hall–Kier alpha value is -2.55. The number of hydrogen-bond donors (Lipinski definition) is 3. The van der Waals surface area contributed by atoms with Crippen LogP contribution in [0.2, 0.25) is 0 Å². The first-order valence-corrected chi connectivity index (χ1v) is 8.36. The number of alkyl halides is 2. The lowest BCUT2D eigenvalue weighted by Crippen LogP contribution is -2.54. The Morgan fingerprint density at radius 3 is 2.04 bits per heavy atom. The van der Waals surface area contributed by atoms with Crippen molar-refractivity contribution in [1.82, 2.24) is 15.7 Å². The molecule has 1 amide bonds. The summed E-state index contributed by atoms with van der Waals surface area (Å²) in [4.78, 5) is 14.1. The Morgan fingerprint density at radius 1 is 1.07 bits per heavy atom. The molecule has 6 nitrogen and oxygen atoms in total. The molecule has 0 saturated heterocycles. The van der Waals surface area contributed by atoms with Gasteiger partial charge in [-0.05, 0) is 49.4 Å². The predicted octanol–water partition coefficient (Wildman–Crippen LogP) is 2.94. The van der Waals surface area contributed by atoms with Crippen LogP contribution in [0.4, 0.5) is 8.78 Å². The number of rotatable bonds is 8. The van der Waals surface area contributed by atoms with Gasteiger partial charge in [0.1, 0.15) is 11.9 Å². The molecule has 0 fully saturated rings. The molecule has 146 valence electrons. The lowest BCUT2D eigenvalue weighted by molar-refractivity contribution is -0.0498. The lowest BCUT2D eigenvalue weighted by Gasteiger charge is -2.31. The van der Waals surface area contributed by atoms with Crippen molar-refractivity contribution in [2.45, 2.75) is 25.7 Å². The first-order chi connectivity index (χ1) is 12.9. The number of halogens is 2. The van der Waals surface area contributed by atoms with Crippen molar-refractivity contribution in [1.29, 1.82) is 0 Å². The van der Waals surface area contributed by atoms with Gasteiger partial charge in [-0.25, -0.2) is 0 Å². The monoisotopic (exact) mass is 379 g/mol. The second-order valence-corrected chi connectivity index (χ2v) is 6.03. The van der Waals surface area contributed by atoms with E-state index in [1.54, 1.807) is 57.4 Å². The molecule has 0 aliphatic carbocycles. The maximum atomic E-state index is 12.6. The Kier molecular flexibility index (Phi) is 7.23. The van der Waals surface area contributed by atoms with Gasteiger partial charge in [-0.3, -0.25) is 4.79 Å². The molecule has 0 spiro atoms. The molecule has 0 heterocycles. The van der Waals surface area contributed by atoms with Crippen LogP contribution in [0.25, 0.3) is 11.1 Å². The van der Waals surface area contributed by atoms with E-state index in [-0.39, 0.29) is 17.7 Å². The fourth-order valence-electron chi connectivity index (χ4n) is 2.66. The normalized spacial score (nSPS) is 13.3. The van der Waals surface area contributed by atoms with Gasteiger partial charge >= 0.3 is 6.61 Å². The van der Waals surface area contributed by atoms with E-state index in [1.165, 1.54) is 17.0 Å². The zero-order valence-corrected chi connectivity index (χ0v) is 15.3. The van der Waals surface area contributed by atoms with Gasteiger partial charge in [0.05, 0.1) is 6.04 Å². The van der Waals surface area contributed by atoms with E-state index < -0.39 is 12.8 Å². The van der Waals surface area contributed by atoms with E-state index >= 15 is 0 Å². The highest BCUT2D eigenvalue weighted by Gasteiger charge is 2.23. The molecular formula is C19H23F2N3O3. The van der Waals surface area contributed by atoms with E-state index in [9.17, 15) is 13.6 Å². The van der Waals surface area contributed by atoms with Gasteiger partial charge < -0.3 is 20.2 Å². The molecule has 0 aromatic heterocycles. The van der Waals surface area contributed by atoms with Crippen LogP contribution < -0.4 is 15.5 Å². The van der Waals surface area contributed by atoms with Crippen molar-refractivity contribution in [2.24, 2.45) is 0 Å². The summed E-state index contributed by atoms with van der Waals surface area (Å²) in [5.41, 5.74) is 4.28. The van der Waals surface area contributed by atoms with E-state index in [0.29, 0.717) is 5.56 Å². The van der Waals surface area contributed by atoms with E-state index in [4.69, 9.17) is 5.21 Å². The minimum atomic E-state index is -2.86. The number of hydrogen-bond acceptors (Lipinski definition) is 5. The minimum absolute atomic E-state index is 0.0905. The summed E-state index contributed by atoms with van der Waals surface area (Å²) < 4.78 is 28.7. The molecule has 3 N–H and O–H groups in total. The third-order valence-corrected chi connectivity index (χ3v) is 4.41. The van der Waals surface area contributed by atoms with Gasteiger partial charge in [0.15, 0.2) is 0 Å². The van der Waals surface area contributed by atoms with Crippen LogP contribution in [0.3, 0.4) is 0 Å². The first kappa shape index (κ1) is 20.8. The van der Waals surface area contributed by atoms with Crippen molar-refractivity contribution in [3.05, 3.63) is 54.1 Å². The molecule has 2 unspecified atom stereocenters. The van der Waals surface area contributed by atoms with Crippen molar-refractivity contribution >= 4 is 5.91 Å². The van der Waals surface area contributed by atoms with Gasteiger partial charge in [-0.1, -0.05) is 24.3 Å². The molecular weight excluding hydrogens is 356 g/mol. The first-order valence-electron chi connectivity index (χ1n) is 8.36. The summed E-state index contributed by atoms with van der Waals surface area (Å²) in [6.45, 7) is -1.05. The molecule has 2 aromatic rings. The largest absolute Gasteiger partial charge is 0.435 e. The number of nitrogens with one attached hydrogen (secondary N) is 2. The summed E-state index contributed by atoms with van der Waals surface area (Å²) in [5, 5.41) is 12.0.